The van der Waals surface area contributed by atoms with E-state index in [1.54, 1.807) is 11.8 Å². The van der Waals surface area contributed by atoms with Crippen LogP contribution >= 0.6 is 11.8 Å². The molecule has 1 fully saturated rings. The quantitative estimate of drug-likeness (QED) is 0.592. The Labute approximate surface area is 120 Å². The second-order valence-electron chi connectivity index (χ2n) is 5.09. The summed E-state index contributed by atoms with van der Waals surface area (Å²) in [5.41, 5.74) is 1.17. The Bertz CT molecular complexity index is 365. The van der Waals surface area contributed by atoms with Crippen LogP contribution in [0.25, 0.3) is 0 Å². The lowest BCUT2D eigenvalue weighted by molar-refractivity contribution is 0.00640. The summed E-state index contributed by atoms with van der Waals surface area (Å²) in [5.74, 6) is 0. The Morgan fingerprint density at radius 1 is 1.37 bits per heavy atom. The molecule has 1 aliphatic heterocycles. The maximum absolute atomic E-state index is 5.75. The van der Waals surface area contributed by atoms with E-state index < -0.39 is 0 Å². The summed E-state index contributed by atoms with van der Waals surface area (Å²) >= 11 is 1.57. The fraction of sp³-hybridized carbons (Fsp3) is 0.714. The number of rotatable bonds is 6. The molecule has 19 heavy (non-hydrogen) atoms. The van der Waals surface area contributed by atoms with Crippen LogP contribution in [0.4, 0.5) is 0 Å². The molecule has 0 aromatic carbocycles. The molecular weight excluding hydrogens is 258 g/mol. The third kappa shape index (κ3) is 5.09. The van der Waals surface area contributed by atoms with Gasteiger partial charge in [0.1, 0.15) is 0 Å². The highest BCUT2D eigenvalue weighted by atomic mass is 32.2. The van der Waals surface area contributed by atoms with Crippen LogP contribution < -0.4 is 0 Å². The van der Waals surface area contributed by atoms with Crippen LogP contribution in [-0.2, 0) is 11.3 Å². The van der Waals surface area contributed by atoms with Gasteiger partial charge in [0.2, 0.25) is 0 Å². The largest absolute Gasteiger partial charge is 0.378 e. The van der Waals surface area contributed by atoms with Crippen LogP contribution in [0.1, 0.15) is 31.2 Å². The summed E-state index contributed by atoms with van der Waals surface area (Å²) in [6.07, 6.45) is 11.2. The highest BCUT2D eigenvalue weighted by Gasteiger charge is 2.14. The highest BCUT2D eigenvalue weighted by molar-refractivity contribution is 7.98. The molecule has 4 nitrogen and oxygen atoms in total. The van der Waals surface area contributed by atoms with E-state index in [4.69, 9.17) is 4.74 Å². The number of thioether (sulfide) groups is 1. The molecule has 0 N–H and O–H groups in total. The molecular formula is C14H23N3OS. The fourth-order valence-electron chi connectivity index (χ4n) is 2.32. The molecule has 0 unspecified atom stereocenters. The Morgan fingerprint density at radius 3 is 2.79 bits per heavy atom. The van der Waals surface area contributed by atoms with E-state index in [1.807, 2.05) is 18.6 Å². The maximum atomic E-state index is 5.75. The first-order valence-electron chi connectivity index (χ1n) is 6.93. The molecule has 106 valence electrons. The first-order valence-corrected chi connectivity index (χ1v) is 8.15. The lowest BCUT2D eigenvalue weighted by atomic mass is 10.1. The lowest BCUT2D eigenvalue weighted by Crippen LogP contribution is -2.26. The molecule has 0 radical (unpaired) electrons. The van der Waals surface area contributed by atoms with Crippen molar-refractivity contribution in [3.8, 4) is 0 Å². The van der Waals surface area contributed by atoms with Crippen molar-refractivity contribution in [2.24, 2.45) is 0 Å². The van der Waals surface area contributed by atoms with Crippen molar-refractivity contribution in [3.63, 3.8) is 0 Å². The van der Waals surface area contributed by atoms with E-state index in [9.17, 15) is 0 Å². The summed E-state index contributed by atoms with van der Waals surface area (Å²) < 4.78 is 5.75. The van der Waals surface area contributed by atoms with Gasteiger partial charge in [0.05, 0.1) is 6.10 Å². The van der Waals surface area contributed by atoms with Gasteiger partial charge in [0.25, 0.3) is 0 Å². The van der Waals surface area contributed by atoms with Crippen LogP contribution in [0.5, 0.6) is 0 Å². The van der Waals surface area contributed by atoms with E-state index in [-0.39, 0.29) is 0 Å². The summed E-state index contributed by atoms with van der Waals surface area (Å²) in [7, 11) is 2.14. The minimum Gasteiger partial charge on any atom is -0.378 e. The van der Waals surface area contributed by atoms with E-state index in [1.165, 1.54) is 24.8 Å². The summed E-state index contributed by atoms with van der Waals surface area (Å²) in [6.45, 7) is 2.91. The first kappa shape index (κ1) is 14.8. The van der Waals surface area contributed by atoms with Crippen molar-refractivity contribution in [3.05, 3.63) is 18.0 Å². The van der Waals surface area contributed by atoms with Gasteiger partial charge in [-0.2, -0.15) is 0 Å². The highest BCUT2D eigenvalue weighted by Crippen LogP contribution is 2.16. The van der Waals surface area contributed by atoms with Crippen LogP contribution in [0.15, 0.2) is 17.6 Å². The molecule has 1 saturated heterocycles. The maximum Gasteiger partial charge on any atom is 0.187 e. The van der Waals surface area contributed by atoms with Crippen LogP contribution in [0, 0.1) is 0 Å². The predicted molar refractivity (Wildman–Crippen MR) is 78.4 cm³/mol. The number of hydrogen-bond donors (Lipinski definition) is 0. The van der Waals surface area contributed by atoms with Gasteiger partial charge in [-0.15, -0.1) is 0 Å². The smallest absolute Gasteiger partial charge is 0.187 e. The van der Waals surface area contributed by atoms with Gasteiger partial charge in [-0.1, -0.05) is 11.8 Å². The van der Waals surface area contributed by atoms with Gasteiger partial charge in [-0.3, -0.25) is 0 Å². The molecule has 1 atom stereocenters. The second-order valence-corrected chi connectivity index (χ2v) is 5.87. The van der Waals surface area contributed by atoms with Crippen molar-refractivity contribution in [1.82, 2.24) is 14.9 Å². The minimum absolute atomic E-state index is 0.464. The third-order valence-electron chi connectivity index (χ3n) is 3.42. The van der Waals surface area contributed by atoms with Gasteiger partial charge >= 0.3 is 0 Å². The normalized spacial score (nSPS) is 19.8. The average Bonchev–Trinajstić information content (AvgIpc) is 2.47. The fourth-order valence-corrected chi connectivity index (χ4v) is 2.64. The van der Waals surface area contributed by atoms with Crippen LogP contribution in [-0.4, -0.2) is 47.4 Å². The Morgan fingerprint density at radius 2 is 2.16 bits per heavy atom. The van der Waals surface area contributed by atoms with E-state index in [2.05, 4.69) is 21.9 Å². The van der Waals surface area contributed by atoms with Crippen molar-refractivity contribution < 1.29 is 4.74 Å². The van der Waals surface area contributed by atoms with E-state index in [0.29, 0.717) is 6.10 Å². The lowest BCUT2D eigenvalue weighted by Gasteiger charge is -2.25. The Balaban J connectivity index is 1.71. The van der Waals surface area contributed by atoms with Gasteiger partial charge < -0.3 is 9.64 Å². The first-order chi connectivity index (χ1) is 9.28. The standard InChI is InChI=1S/C14H23N3OS/c1-17(7-6-13-5-3-4-8-18-13)11-12-9-15-14(19-2)16-10-12/h9-10,13H,3-8,11H2,1-2H3/t13-/m0/s1. The zero-order valence-electron chi connectivity index (χ0n) is 11.8. The average molecular weight is 281 g/mol. The van der Waals surface area contributed by atoms with Crippen LogP contribution in [0.3, 0.4) is 0 Å². The van der Waals surface area contributed by atoms with Gasteiger partial charge in [0.15, 0.2) is 5.16 Å². The van der Waals surface area contributed by atoms with Crippen LogP contribution in [0.2, 0.25) is 0 Å². The Hall–Kier alpha value is -0.650. The monoisotopic (exact) mass is 281 g/mol. The van der Waals surface area contributed by atoms with Crippen molar-refractivity contribution in [2.75, 3.05) is 26.5 Å². The number of nitrogens with zero attached hydrogens (tertiary/aromatic N) is 3. The zero-order valence-corrected chi connectivity index (χ0v) is 12.7. The molecule has 0 spiro atoms. The van der Waals surface area contributed by atoms with E-state index in [0.717, 1.165) is 31.3 Å². The SMILES string of the molecule is CSc1ncc(CN(C)CC[C@@H]2CCCCO2)cn1. The third-order valence-corrected chi connectivity index (χ3v) is 4.00. The number of hydrogen-bond acceptors (Lipinski definition) is 5. The molecule has 1 aromatic heterocycles. The predicted octanol–water partition coefficient (Wildman–Crippen LogP) is 2.59. The second kappa shape index (κ2) is 7.82. The summed E-state index contributed by atoms with van der Waals surface area (Å²) in [4.78, 5) is 10.9. The number of aromatic nitrogens is 2. The Kier molecular flexibility index (Phi) is 6.07. The van der Waals surface area contributed by atoms with Gasteiger partial charge in [0, 0.05) is 37.7 Å². The summed E-state index contributed by atoms with van der Waals surface area (Å²) in [6, 6.07) is 0. The van der Waals surface area contributed by atoms with Gasteiger partial charge in [-0.05, 0) is 39.0 Å². The molecule has 1 aromatic rings. The molecule has 1 aliphatic rings. The summed E-state index contributed by atoms with van der Waals surface area (Å²) in [5, 5.41) is 0.835. The molecule has 2 rings (SSSR count). The molecule has 2 heterocycles. The van der Waals surface area contributed by atoms with Crippen molar-refractivity contribution in [1.29, 1.82) is 0 Å². The number of ether oxygens (including phenoxy) is 1. The molecule has 5 heteroatoms. The molecule has 0 bridgehead atoms. The topological polar surface area (TPSA) is 38.2 Å². The minimum atomic E-state index is 0.464. The molecule has 0 amide bonds. The van der Waals surface area contributed by atoms with Crippen molar-refractivity contribution in [2.45, 2.75) is 43.5 Å². The molecule has 0 saturated carbocycles. The zero-order chi connectivity index (χ0) is 13.5. The van der Waals surface area contributed by atoms with Gasteiger partial charge in [-0.25, -0.2) is 9.97 Å². The molecule has 0 aliphatic carbocycles. The van der Waals surface area contributed by atoms with Crippen molar-refractivity contribution >= 4 is 11.8 Å². The van der Waals surface area contributed by atoms with E-state index >= 15 is 0 Å².